The van der Waals surface area contributed by atoms with Crippen LogP contribution in [0.15, 0.2) is 30.5 Å². The van der Waals surface area contributed by atoms with Crippen molar-refractivity contribution in [3.8, 4) is 11.8 Å². The summed E-state index contributed by atoms with van der Waals surface area (Å²) in [7, 11) is 1.26. The molecule has 7 heteroatoms. The molecule has 166 valence electrons. The largest absolute Gasteiger partial charge is 0.464 e. The third-order valence-electron chi connectivity index (χ3n) is 7.60. The average molecular weight is 434 g/mol. The van der Waals surface area contributed by atoms with Gasteiger partial charge in [-0.05, 0) is 80.5 Å². The number of carbonyl (C=O) groups is 2. The van der Waals surface area contributed by atoms with Crippen molar-refractivity contribution in [1.82, 2.24) is 4.57 Å². The zero-order valence-corrected chi connectivity index (χ0v) is 18.2. The topological polar surface area (TPSA) is 107 Å². The number of anilines is 1. The fraction of sp³-hybridized carbons (Fsp3) is 0.480. The second-order valence-electron chi connectivity index (χ2n) is 9.82. The molecule has 32 heavy (non-hydrogen) atoms. The normalized spacial score (nSPS) is 27.7. The van der Waals surface area contributed by atoms with Crippen molar-refractivity contribution >= 4 is 17.6 Å². The summed E-state index contributed by atoms with van der Waals surface area (Å²) in [5.74, 6) is 1.48. The lowest BCUT2D eigenvalue weighted by atomic mass is 9.50. The summed E-state index contributed by atoms with van der Waals surface area (Å²) in [5, 5.41) is 9.27. The number of nitriles is 1. The second-order valence-corrected chi connectivity index (χ2v) is 9.82. The fourth-order valence-corrected chi connectivity index (χ4v) is 6.65. The van der Waals surface area contributed by atoms with Crippen LogP contribution in [0.3, 0.4) is 0 Å². The van der Waals surface area contributed by atoms with Crippen LogP contribution in [0.2, 0.25) is 0 Å². The van der Waals surface area contributed by atoms with Crippen LogP contribution in [0.25, 0.3) is 5.69 Å². The Kier molecular flexibility index (Phi) is 4.96. The maximum absolute atomic E-state index is 12.7. The number of esters is 2. The molecule has 0 radical (unpaired) electrons. The number of rotatable bonds is 5. The van der Waals surface area contributed by atoms with Crippen LogP contribution in [-0.4, -0.2) is 30.2 Å². The predicted molar refractivity (Wildman–Crippen MR) is 117 cm³/mol. The third-order valence-corrected chi connectivity index (χ3v) is 7.60. The molecular formula is C25H27N3O4. The van der Waals surface area contributed by atoms with Gasteiger partial charge in [0, 0.05) is 17.3 Å². The highest BCUT2D eigenvalue weighted by molar-refractivity contribution is 5.96. The SMILES string of the molecule is COC(=O)c1c(N)c(C#N)cn1-c1ccc(C(=O)OCC23CC4CC(CC(C4)C2)C3)cc1. The number of nitrogens with two attached hydrogens (primary N) is 1. The molecule has 6 rings (SSSR count). The second kappa shape index (κ2) is 7.70. The van der Waals surface area contributed by atoms with Crippen LogP contribution in [0, 0.1) is 34.5 Å². The highest BCUT2D eigenvalue weighted by Crippen LogP contribution is 2.60. The molecule has 4 saturated carbocycles. The molecule has 0 amide bonds. The van der Waals surface area contributed by atoms with E-state index < -0.39 is 5.97 Å². The summed E-state index contributed by atoms with van der Waals surface area (Å²) >= 11 is 0. The molecule has 0 atom stereocenters. The average Bonchev–Trinajstić information content (AvgIpc) is 3.12. The number of nitrogen functional groups attached to an aromatic ring is 1. The van der Waals surface area contributed by atoms with Gasteiger partial charge in [0.2, 0.25) is 0 Å². The van der Waals surface area contributed by atoms with Crippen molar-refractivity contribution < 1.29 is 19.1 Å². The van der Waals surface area contributed by atoms with Gasteiger partial charge in [0.25, 0.3) is 0 Å². The minimum atomic E-state index is -0.636. The quantitative estimate of drug-likeness (QED) is 0.712. The van der Waals surface area contributed by atoms with Gasteiger partial charge in [0.05, 0.1) is 30.5 Å². The first-order valence-corrected chi connectivity index (χ1v) is 11.2. The van der Waals surface area contributed by atoms with Crippen LogP contribution >= 0.6 is 0 Å². The first kappa shape index (κ1) is 20.6. The molecule has 4 fully saturated rings. The van der Waals surface area contributed by atoms with Gasteiger partial charge < -0.3 is 19.8 Å². The van der Waals surface area contributed by atoms with Gasteiger partial charge in [0.15, 0.2) is 5.69 Å². The Labute approximate surface area is 187 Å². The van der Waals surface area contributed by atoms with Crippen LogP contribution in [0.1, 0.15) is 64.9 Å². The van der Waals surface area contributed by atoms with E-state index in [9.17, 15) is 14.9 Å². The molecule has 0 aliphatic heterocycles. The highest BCUT2D eigenvalue weighted by atomic mass is 16.5. The lowest BCUT2D eigenvalue weighted by Crippen LogP contribution is -2.48. The minimum Gasteiger partial charge on any atom is -0.464 e. The molecule has 4 bridgehead atoms. The summed E-state index contributed by atoms with van der Waals surface area (Å²) < 4.78 is 12.1. The van der Waals surface area contributed by atoms with E-state index in [0.717, 1.165) is 17.8 Å². The van der Waals surface area contributed by atoms with Crippen LogP contribution < -0.4 is 5.73 Å². The Balaban J connectivity index is 1.31. The standard InChI is InChI=1S/C25H27N3O4/c1-31-24(30)22-21(27)19(12-26)13-28(22)20-4-2-18(3-5-20)23(29)32-14-25-9-15-6-16(10-25)8-17(7-15)11-25/h2-5,13,15-17H,6-11,14,27H2,1H3. The Morgan fingerprint density at radius 3 is 2.22 bits per heavy atom. The van der Waals surface area contributed by atoms with Crippen molar-refractivity contribution in [2.75, 3.05) is 19.5 Å². The fourth-order valence-electron chi connectivity index (χ4n) is 6.65. The lowest BCUT2D eigenvalue weighted by molar-refractivity contribution is -0.0848. The summed E-state index contributed by atoms with van der Waals surface area (Å²) in [6, 6.07) is 8.72. The van der Waals surface area contributed by atoms with Gasteiger partial charge in [0.1, 0.15) is 6.07 Å². The summed E-state index contributed by atoms with van der Waals surface area (Å²) in [6.07, 6.45) is 9.15. The summed E-state index contributed by atoms with van der Waals surface area (Å²) in [6.45, 7) is 0.503. The maximum Gasteiger partial charge on any atom is 0.357 e. The van der Waals surface area contributed by atoms with E-state index in [-0.39, 0.29) is 28.3 Å². The molecule has 0 saturated heterocycles. The van der Waals surface area contributed by atoms with Crippen molar-refractivity contribution in [3.05, 3.63) is 47.3 Å². The Morgan fingerprint density at radius 2 is 1.69 bits per heavy atom. The molecule has 4 aliphatic rings. The van der Waals surface area contributed by atoms with Gasteiger partial charge in [-0.25, -0.2) is 9.59 Å². The minimum absolute atomic E-state index is 0.0680. The maximum atomic E-state index is 12.7. The van der Waals surface area contributed by atoms with E-state index in [1.165, 1.54) is 56.4 Å². The number of aromatic nitrogens is 1. The number of carbonyl (C=O) groups excluding carboxylic acids is 2. The Hall–Kier alpha value is -3.27. The predicted octanol–water partition coefficient (Wildman–Crippen LogP) is 4.09. The molecule has 0 unspecified atom stereocenters. The highest BCUT2D eigenvalue weighted by Gasteiger charge is 2.51. The van der Waals surface area contributed by atoms with Gasteiger partial charge in [-0.2, -0.15) is 5.26 Å². The number of ether oxygens (including phenoxy) is 2. The first-order valence-electron chi connectivity index (χ1n) is 11.2. The molecule has 2 N–H and O–H groups in total. The van der Waals surface area contributed by atoms with Crippen LogP contribution in [0.4, 0.5) is 5.69 Å². The number of hydrogen-bond donors (Lipinski definition) is 1. The van der Waals surface area contributed by atoms with Crippen molar-refractivity contribution in [3.63, 3.8) is 0 Å². The Bertz CT molecular complexity index is 1070. The molecule has 7 nitrogen and oxygen atoms in total. The van der Waals surface area contributed by atoms with E-state index in [1.807, 2.05) is 6.07 Å². The monoisotopic (exact) mass is 433 g/mol. The van der Waals surface area contributed by atoms with E-state index in [1.54, 1.807) is 24.3 Å². The molecule has 2 aromatic rings. The number of nitrogens with zero attached hydrogens (tertiary/aromatic N) is 2. The molecule has 4 aliphatic carbocycles. The third kappa shape index (κ3) is 3.44. The lowest BCUT2D eigenvalue weighted by Gasteiger charge is -2.56. The first-order chi connectivity index (χ1) is 15.4. The van der Waals surface area contributed by atoms with Crippen molar-refractivity contribution in [1.29, 1.82) is 5.26 Å². The number of methoxy groups -OCH3 is 1. The molecular weight excluding hydrogens is 406 g/mol. The van der Waals surface area contributed by atoms with Gasteiger partial charge in [-0.1, -0.05) is 0 Å². The zero-order chi connectivity index (χ0) is 22.5. The van der Waals surface area contributed by atoms with Gasteiger partial charge >= 0.3 is 11.9 Å². The molecule has 1 aromatic heterocycles. The zero-order valence-electron chi connectivity index (χ0n) is 18.2. The van der Waals surface area contributed by atoms with E-state index in [2.05, 4.69) is 0 Å². The van der Waals surface area contributed by atoms with Crippen LogP contribution in [0.5, 0.6) is 0 Å². The van der Waals surface area contributed by atoms with Gasteiger partial charge in [-0.3, -0.25) is 0 Å². The smallest absolute Gasteiger partial charge is 0.357 e. The van der Waals surface area contributed by atoms with Gasteiger partial charge in [-0.15, -0.1) is 0 Å². The molecule has 1 heterocycles. The molecule has 1 aromatic carbocycles. The number of hydrogen-bond acceptors (Lipinski definition) is 6. The Morgan fingerprint density at radius 1 is 1.09 bits per heavy atom. The van der Waals surface area contributed by atoms with Crippen molar-refractivity contribution in [2.45, 2.75) is 38.5 Å². The van der Waals surface area contributed by atoms with E-state index in [0.29, 0.717) is 17.9 Å². The van der Waals surface area contributed by atoms with E-state index in [4.69, 9.17) is 15.2 Å². The molecule has 0 spiro atoms. The van der Waals surface area contributed by atoms with Crippen molar-refractivity contribution in [2.24, 2.45) is 23.2 Å². The van der Waals surface area contributed by atoms with E-state index >= 15 is 0 Å². The van der Waals surface area contributed by atoms with Crippen LogP contribution in [-0.2, 0) is 9.47 Å². The summed E-state index contributed by atoms with van der Waals surface area (Å²) in [5.41, 5.74) is 7.52. The summed E-state index contributed by atoms with van der Waals surface area (Å²) in [4.78, 5) is 24.9. The number of benzene rings is 1.